The third kappa shape index (κ3) is 15.0. The molecule has 1 unspecified atom stereocenters. The Hall–Kier alpha value is -1.85. The first-order valence-corrected chi connectivity index (χ1v) is 3.99. The molecule has 0 bridgehead atoms. The van der Waals surface area contributed by atoms with Crippen LogP contribution in [0.25, 0.3) is 0 Å². The smallest absolute Gasteiger partial charge is 0.344 e. The molecule has 0 aliphatic rings. The van der Waals surface area contributed by atoms with Crippen LogP contribution in [0.3, 0.4) is 0 Å². The Morgan fingerprint density at radius 1 is 1.27 bits per heavy atom. The number of aliphatic carboxylic acids is 1. The molecule has 0 fully saturated rings. The van der Waals surface area contributed by atoms with Gasteiger partial charge in [0.1, 0.15) is 0 Å². The zero-order valence-corrected chi connectivity index (χ0v) is 8.85. The van der Waals surface area contributed by atoms with Gasteiger partial charge in [-0.1, -0.05) is 6.58 Å². The van der Waals surface area contributed by atoms with Crippen molar-refractivity contribution in [1.29, 1.82) is 0 Å². The van der Waals surface area contributed by atoms with E-state index in [-0.39, 0.29) is 5.97 Å². The number of ether oxygens (including phenoxy) is 2. The van der Waals surface area contributed by atoms with Gasteiger partial charge in [0.05, 0.1) is 6.26 Å². The molecule has 0 radical (unpaired) electrons. The summed E-state index contributed by atoms with van der Waals surface area (Å²) in [4.78, 5) is 29.8. The van der Waals surface area contributed by atoms with Gasteiger partial charge < -0.3 is 14.6 Å². The van der Waals surface area contributed by atoms with Crippen LogP contribution in [-0.2, 0) is 23.9 Å². The molecule has 0 aromatic carbocycles. The summed E-state index contributed by atoms with van der Waals surface area (Å²) in [5.74, 6) is -2.04. The third-order valence-electron chi connectivity index (χ3n) is 0.940. The number of carbonyl (C=O) groups excluding carboxylic acids is 2. The molecule has 0 spiro atoms. The Balaban J connectivity index is 0. The highest BCUT2D eigenvalue weighted by Gasteiger charge is 2.12. The summed E-state index contributed by atoms with van der Waals surface area (Å²) in [5.41, 5.74) is 0. The summed E-state index contributed by atoms with van der Waals surface area (Å²) in [7, 11) is 0. The van der Waals surface area contributed by atoms with Crippen molar-refractivity contribution in [1.82, 2.24) is 0 Å². The van der Waals surface area contributed by atoms with E-state index in [0.717, 1.165) is 6.26 Å². The van der Waals surface area contributed by atoms with Crippen molar-refractivity contribution in [2.45, 2.75) is 26.9 Å². The van der Waals surface area contributed by atoms with Crippen molar-refractivity contribution in [2.24, 2.45) is 0 Å². The second-order valence-electron chi connectivity index (χ2n) is 2.37. The second kappa shape index (κ2) is 8.74. The third-order valence-corrected chi connectivity index (χ3v) is 0.940. The van der Waals surface area contributed by atoms with Crippen LogP contribution in [0.5, 0.6) is 0 Å². The average molecular weight is 218 g/mol. The number of hydrogen-bond acceptors (Lipinski definition) is 5. The maximum atomic E-state index is 10.1. The molecule has 0 aromatic heterocycles. The van der Waals surface area contributed by atoms with Crippen LogP contribution < -0.4 is 0 Å². The highest BCUT2D eigenvalue weighted by molar-refractivity contribution is 5.76. The van der Waals surface area contributed by atoms with E-state index < -0.39 is 18.0 Å². The van der Waals surface area contributed by atoms with Crippen LogP contribution in [0.4, 0.5) is 0 Å². The van der Waals surface area contributed by atoms with E-state index in [4.69, 9.17) is 5.11 Å². The fraction of sp³-hybridized carbons (Fsp3) is 0.444. The predicted molar refractivity (Wildman–Crippen MR) is 50.8 cm³/mol. The molecular formula is C9H14O6. The monoisotopic (exact) mass is 218 g/mol. The number of carbonyl (C=O) groups is 3. The van der Waals surface area contributed by atoms with Crippen molar-refractivity contribution in [2.75, 3.05) is 0 Å². The molecule has 1 atom stereocenters. The van der Waals surface area contributed by atoms with Crippen LogP contribution >= 0.6 is 0 Å². The molecule has 6 heteroatoms. The van der Waals surface area contributed by atoms with Crippen LogP contribution in [0.1, 0.15) is 20.8 Å². The number of esters is 2. The van der Waals surface area contributed by atoms with Crippen molar-refractivity contribution >= 4 is 17.9 Å². The Morgan fingerprint density at radius 3 is 1.80 bits per heavy atom. The van der Waals surface area contributed by atoms with Crippen molar-refractivity contribution < 1.29 is 29.0 Å². The van der Waals surface area contributed by atoms with E-state index in [1.165, 1.54) is 20.8 Å². The number of rotatable bonds is 3. The van der Waals surface area contributed by atoms with Crippen molar-refractivity contribution in [3.63, 3.8) is 0 Å². The first-order chi connectivity index (χ1) is 6.81. The highest BCUT2D eigenvalue weighted by atomic mass is 16.6. The Bertz CT molecular complexity index is 245. The quantitative estimate of drug-likeness (QED) is 0.554. The van der Waals surface area contributed by atoms with Gasteiger partial charge in [-0.25, -0.2) is 4.79 Å². The Morgan fingerprint density at radius 2 is 1.73 bits per heavy atom. The lowest BCUT2D eigenvalue weighted by atomic mass is 10.4. The molecule has 0 heterocycles. The number of hydrogen-bond donors (Lipinski definition) is 1. The van der Waals surface area contributed by atoms with Crippen molar-refractivity contribution in [3.8, 4) is 0 Å². The summed E-state index contributed by atoms with van der Waals surface area (Å²) in [6.45, 7) is 6.94. The lowest BCUT2D eigenvalue weighted by Crippen LogP contribution is -2.21. The number of carboxylic acid groups (broad SMARTS) is 1. The van der Waals surface area contributed by atoms with Crippen LogP contribution in [0.15, 0.2) is 12.8 Å². The Kier molecular flexibility index (Phi) is 9.09. The SMILES string of the molecule is C=COC(C)=O.CC(=O)OC(C)C(=O)O. The minimum atomic E-state index is -1.13. The first kappa shape index (κ1) is 15.6. The lowest BCUT2D eigenvalue weighted by Gasteiger charge is -2.04. The topological polar surface area (TPSA) is 89.9 Å². The molecule has 6 nitrogen and oxygen atoms in total. The van der Waals surface area contributed by atoms with E-state index in [1.54, 1.807) is 0 Å². The van der Waals surface area contributed by atoms with E-state index in [2.05, 4.69) is 16.1 Å². The molecule has 15 heavy (non-hydrogen) atoms. The van der Waals surface area contributed by atoms with Gasteiger partial charge in [0.25, 0.3) is 0 Å². The van der Waals surface area contributed by atoms with Gasteiger partial charge in [0, 0.05) is 13.8 Å². The average Bonchev–Trinajstić information content (AvgIpc) is 2.03. The van der Waals surface area contributed by atoms with Crippen molar-refractivity contribution in [3.05, 3.63) is 12.8 Å². The summed E-state index contributed by atoms with van der Waals surface area (Å²) in [6, 6.07) is 0. The van der Waals surface area contributed by atoms with E-state index in [0.29, 0.717) is 0 Å². The standard InChI is InChI=1S/C5H8O4.C4H6O2/c1-3(5(7)8)9-4(2)6;1-3-6-4(2)5/h3H,1-2H3,(H,7,8);3H,1H2,2H3. The van der Waals surface area contributed by atoms with E-state index in [1.807, 2.05) is 0 Å². The van der Waals surface area contributed by atoms with Gasteiger partial charge in [-0.2, -0.15) is 0 Å². The van der Waals surface area contributed by atoms with Gasteiger partial charge in [0.15, 0.2) is 6.10 Å². The maximum absolute atomic E-state index is 10.1. The summed E-state index contributed by atoms with van der Waals surface area (Å²) in [5, 5.41) is 8.15. The molecule has 0 rings (SSSR count). The van der Waals surface area contributed by atoms with Crippen LogP contribution in [0.2, 0.25) is 0 Å². The molecular weight excluding hydrogens is 204 g/mol. The molecule has 1 N–H and O–H groups in total. The van der Waals surface area contributed by atoms with Crippen LogP contribution in [0, 0.1) is 0 Å². The molecule has 0 aliphatic carbocycles. The van der Waals surface area contributed by atoms with Gasteiger partial charge >= 0.3 is 17.9 Å². The predicted octanol–water partition coefficient (Wildman–Crippen LogP) is 0.716. The number of carboxylic acids is 1. The lowest BCUT2D eigenvalue weighted by molar-refractivity contribution is -0.161. The molecule has 0 aromatic rings. The summed E-state index contributed by atoms with van der Waals surface area (Å²) < 4.78 is 8.44. The zero-order chi connectivity index (χ0) is 12.4. The van der Waals surface area contributed by atoms with E-state index >= 15 is 0 Å². The highest BCUT2D eigenvalue weighted by Crippen LogP contribution is 1.89. The molecule has 0 saturated carbocycles. The summed E-state index contributed by atoms with van der Waals surface area (Å²) >= 11 is 0. The maximum Gasteiger partial charge on any atom is 0.344 e. The molecule has 0 amide bonds. The minimum absolute atomic E-state index is 0.329. The summed E-state index contributed by atoms with van der Waals surface area (Å²) in [6.07, 6.45) is 0.0602. The van der Waals surface area contributed by atoms with Gasteiger partial charge in [0.2, 0.25) is 0 Å². The van der Waals surface area contributed by atoms with Crippen LogP contribution in [-0.4, -0.2) is 29.1 Å². The second-order valence-corrected chi connectivity index (χ2v) is 2.37. The Labute approximate surface area is 87.5 Å². The largest absolute Gasteiger partial charge is 0.479 e. The molecule has 0 saturated heterocycles. The molecule has 0 aliphatic heterocycles. The molecule has 86 valence electrons. The first-order valence-electron chi connectivity index (χ1n) is 3.99. The van der Waals surface area contributed by atoms with Gasteiger partial charge in [-0.05, 0) is 6.92 Å². The normalized spacial score (nSPS) is 10.1. The minimum Gasteiger partial charge on any atom is -0.479 e. The fourth-order valence-corrected chi connectivity index (χ4v) is 0.417. The van der Waals surface area contributed by atoms with Gasteiger partial charge in [-0.15, -0.1) is 0 Å². The van der Waals surface area contributed by atoms with E-state index in [9.17, 15) is 14.4 Å². The fourth-order valence-electron chi connectivity index (χ4n) is 0.417. The zero-order valence-electron chi connectivity index (χ0n) is 8.85. The van der Waals surface area contributed by atoms with Gasteiger partial charge in [-0.3, -0.25) is 9.59 Å².